The van der Waals surface area contributed by atoms with Gasteiger partial charge in [0.05, 0.1) is 0 Å². The lowest BCUT2D eigenvalue weighted by molar-refractivity contribution is 0.251. The molecule has 64 valence electrons. The molecular formula is C7H6Cl2N2O. The van der Waals surface area contributed by atoms with Crippen LogP contribution in [0.15, 0.2) is 24.3 Å². The second-order valence-corrected chi connectivity index (χ2v) is 2.48. The zero-order valence-electron chi connectivity index (χ0n) is 5.97. The first kappa shape index (κ1) is 9.16. The van der Waals surface area contributed by atoms with Crippen molar-refractivity contribution in [1.29, 1.82) is 0 Å². The quantitative estimate of drug-likeness (QED) is 0.636. The molecule has 2 amide bonds. The molecule has 0 unspecified atom stereocenters. The van der Waals surface area contributed by atoms with E-state index < -0.39 is 6.03 Å². The highest BCUT2D eigenvalue weighted by Crippen LogP contribution is 2.32. The fraction of sp³-hybridized carbons (Fsp3) is 0. The predicted molar refractivity (Wildman–Crippen MR) is 48.8 cm³/mol. The normalized spacial score (nSPS) is 9.17. The third kappa shape index (κ3) is 2.60. The minimum Gasteiger partial charge on any atom is -0.249 e. The van der Waals surface area contributed by atoms with Crippen molar-refractivity contribution in [3.63, 3.8) is 0 Å². The van der Waals surface area contributed by atoms with Gasteiger partial charge in [-0.1, -0.05) is 18.2 Å². The molecule has 2 N–H and O–H groups in total. The monoisotopic (exact) mass is 204 g/mol. The molecule has 0 fully saturated rings. The molecule has 0 spiro atoms. The van der Waals surface area contributed by atoms with Crippen molar-refractivity contribution in [1.82, 2.24) is 9.67 Å². The number of nitrogens with one attached hydrogen (secondary N) is 2. The number of carbonyl (C=O) groups excluding carboxylic acids is 1. The van der Waals surface area contributed by atoms with Crippen LogP contribution in [0.1, 0.15) is 0 Å². The lowest BCUT2D eigenvalue weighted by Crippen LogP contribution is -2.20. The maximum atomic E-state index is 9.69. The molecule has 0 heterocycles. The third-order valence-corrected chi connectivity index (χ3v) is 1.63. The van der Waals surface area contributed by atoms with E-state index in [-0.39, 0.29) is 0 Å². The highest BCUT2D eigenvalue weighted by molar-refractivity contribution is 6.27. The van der Waals surface area contributed by atoms with E-state index in [0.29, 0.717) is 0 Å². The maximum absolute atomic E-state index is 9.69. The molecule has 0 aromatic heterocycles. The highest BCUT2D eigenvalue weighted by atomic mass is 35.5. The Bertz CT molecular complexity index is 267. The summed E-state index contributed by atoms with van der Waals surface area (Å²) in [6.07, 6.45) is 0. The van der Waals surface area contributed by atoms with Gasteiger partial charge >= 0.3 is 6.03 Å². The first-order valence-corrected chi connectivity index (χ1v) is 3.91. The van der Waals surface area contributed by atoms with Crippen LogP contribution in [0.5, 0.6) is 0 Å². The molecule has 2 aliphatic carbocycles. The summed E-state index contributed by atoms with van der Waals surface area (Å²) in [5, 5.41) is 0. The van der Waals surface area contributed by atoms with Gasteiger partial charge in [0.2, 0.25) is 0 Å². The number of urea groups is 1. The van der Waals surface area contributed by atoms with Crippen molar-refractivity contribution in [3.05, 3.63) is 24.3 Å². The summed E-state index contributed by atoms with van der Waals surface area (Å²) < 4.78 is 0. The van der Waals surface area contributed by atoms with Gasteiger partial charge in [0.1, 0.15) is 0 Å². The number of hydrogen-bond donors (Lipinski definition) is 2. The van der Waals surface area contributed by atoms with Gasteiger partial charge in [0, 0.05) is 23.6 Å². The number of hydrogen-bond acceptors (Lipinski definition) is 1. The van der Waals surface area contributed by atoms with E-state index >= 15 is 0 Å². The summed E-state index contributed by atoms with van der Waals surface area (Å²) in [4.78, 5) is 13.1. The zero-order chi connectivity index (χ0) is 8.97. The van der Waals surface area contributed by atoms with E-state index in [9.17, 15) is 4.79 Å². The van der Waals surface area contributed by atoms with Crippen molar-refractivity contribution in [2.75, 3.05) is 0 Å². The van der Waals surface area contributed by atoms with Gasteiger partial charge < -0.3 is 0 Å². The van der Waals surface area contributed by atoms with E-state index in [1.807, 2.05) is 0 Å². The first-order valence-electron chi connectivity index (χ1n) is 3.15. The van der Waals surface area contributed by atoms with Gasteiger partial charge in [-0.25, -0.2) is 14.5 Å². The van der Waals surface area contributed by atoms with Gasteiger partial charge in [-0.3, -0.25) is 0 Å². The summed E-state index contributed by atoms with van der Waals surface area (Å²) in [5.74, 6) is 0. The Kier molecular flexibility index (Phi) is 3.19. The van der Waals surface area contributed by atoms with Crippen molar-refractivity contribution in [2.24, 2.45) is 0 Å². The zero-order valence-corrected chi connectivity index (χ0v) is 7.49. The van der Waals surface area contributed by atoms with Crippen LogP contribution in [-0.4, -0.2) is 6.03 Å². The van der Waals surface area contributed by atoms with Gasteiger partial charge in [0.25, 0.3) is 0 Å². The van der Waals surface area contributed by atoms with E-state index in [4.69, 9.17) is 23.6 Å². The summed E-state index contributed by atoms with van der Waals surface area (Å²) in [6, 6.07) is 7.85. The minimum atomic E-state index is -0.627. The summed E-state index contributed by atoms with van der Waals surface area (Å²) in [5.41, 5.74) is 2.85. The molecule has 0 aliphatic heterocycles. The van der Waals surface area contributed by atoms with Crippen LogP contribution in [-0.2, 0) is 0 Å². The Morgan fingerprint density at radius 2 is 1.67 bits per heavy atom. The van der Waals surface area contributed by atoms with Gasteiger partial charge in [-0.15, -0.1) is 0 Å². The number of carbonyl (C=O) groups is 1. The van der Waals surface area contributed by atoms with Crippen LogP contribution >= 0.6 is 23.6 Å². The largest absolute Gasteiger partial charge is 0.343 e. The Balaban J connectivity index is 0.000000120. The molecule has 0 saturated heterocycles. The van der Waals surface area contributed by atoms with Crippen LogP contribution < -0.4 is 9.67 Å². The lowest BCUT2D eigenvalue weighted by Gasteiger charge is -1.85. The molecule has 0 radical (unpaired) electrons. The van der Waals surface area contributed by atoms with E-state index in [0.717, 1.165) is 0 Å². The van der Waals surface area contributed by atoms with Crippen LogP contribution in [0.3, 0.4) is 0 Å². The smallest absolute Gasteiger partial charge is 0.249 e. The molecule has 2 aliphatic rings. The Morgan fingerprint density at radius 3 is 1.75 bits per heavy atom. The number of halogens is 2. The van der Waals surface area contributed by atoms with Crippen molar-refractivity contribution < 1.29 is 4.79 Å². The SMILES string of the molecule is O=C(NCl)NCl.c1cc2cc-2c1. The predicted octanol–water partition coefficient (Wildman–Crippen LogP) is 2.26. The standard InChI is InChI=1S/C6H4.CH2Cl2N2O/c1-2-5-4-6(5)3-1;2-4-1(6)5-3/h1-4H;(H2,4,5,6). The van der Waals surface area contributed by atoms with Crippen molar-refractivity contribution in [2.45, 2.75) is 0 Å². The first-order chi connectivity index (χ1) is 5.77. The molecule has 12 heavy (non-hydrogen) atoms. The molecule has 0 bridgehead atoms. The number of rotatable bonds is 0. The molecule has 0 aromatic carbocycles. The summed E-state index contributed by atoms with van der Waals surface area (Å²) >= 11 is 9.41. The van der Waals surface area contributed by atoms with Gasteiger partial charge in [-0.2, -0.15) is 0 Å². The topological polar surface area (TPSA) is 41.1 Å². The van der Waals surface area contributed by atoms with Gasteiger partial charge in [-0.05, 0) is 17.2 Å². The van der Waals surface area contributed by atoms with Crippen LogP contribution in [0, 0.1) is 0 Å². The van der Waals surface area contributed by atoms with Crippen LogP contribution in [0.25, 0.3) is 11.1 Å². The van der Waals surface area contributed by atoms with Crippen LogP contribution in [0.4, 0.5) is 4.79 Å². The second-order valence-electron chi connectivity index (χ2n) is 2.10. The molecule has 0 saturated carbocycles. The lowest BCUT2D eigenvalue weighted by atomic mass is 10.6. The average molecular weight is 205 g/mol. The summed E-state index contributed by atoms with van der Waals surface area (Å²) in [7, 11) is 0. The summed E-state index contributed by atoms with van der Waals surface area (Å²) in [6.45, 7) is 0. The molecule has 3 nitrogen and oxygen atoms in total. The fourth-order valence-corrected chi connectivity index (χ4v) is 0.836. The molecular weight excluding hydrogens is 199 g/mol. The Labute approximate surface area is 79.9 Å². The second kappa shape index (κ2) is 4.18. The van der Waals surface area contributed by atoms with Crippen molar-refractivity contribution in [3.8, 4) is 11.1 Å². The van der Waals surface area contributed by atoms with Crippen LogP contribution in [0.2, 0.25) is 0 Å². The van der Waals surface area contributed by atoms with E-state index in [2.05, 4.69) is 24.3 Å². The number of benzene rings is 1. The fourth-order valence-electron chi connectivity index (χ4n) is 0.693. The molecule has 0 atom stereocenters. The molecule has 5 heteroatoms. The highest BCUT2D eigenvalue weighted by Gasteiger charge is 2.06. The Morgan fingerprint density at radius 1 is 1.17 bits per heavy atom. The minimum absolute atomic E-state index is 0.627. The maximum Gasteiger partial charge on any atom is 0.343 e. The van der Waals surface area contributed by atoms with E-state index in [1.54, 1.807) is 9.67 Å². The van der Waals surface area contributed by atoms with Crippen molar-refractivity contribution >= 4 is 29.6 Å². The average Bonchev–Trinajstić information content (AvgIpc) is 2.74. The van der Waals surface area contributed by atoms with E-state index in [1.165, 1.54) is 11.1 Å². The number of fused-ring (bicyclic) bond motifs is 1. The third-order valence-electron chi connectivity index (χ3n) is 1.28. The Hall–Kier alpha value is -0.930. The number of amides is 2. The van der Waals surface area contributed by atoms with Gasteiger partial charge in [0.15, 0.2) is 0 Å². The molecule has 0 aromatic rings. The molecule has 2 rings (SSSR count).